The number of nitrogens with zero attached hydrogens (tertiary/aromatic N) is 7. The molecule has 3 fully saturated rings. The second-order valence-electron chi connectivity index (χ2n) is 9.16. The minimum absolute atomic E-state index is 0.112. The molecule has 34 heavy (non-hydrogen) atoms. The van der Waals surface area contributed by atoms with Gasteiger partial charge in [0, 0.05) is 36.0 Å². The van der Waals surface area contributed by atoms with Crippen molar-refractivity contribution in [2.75, 3.05) is 25.0 Å². The summed E-state index contributed by atoms with van der Waals surface area (Å²) in [7, 11) is 2.05. The fourth-order valence-corrected chi connectivity index (χ4v) is 5.42. The molecule has 10 heteroatoms. The number of nitriles is 1. The van der Waals surface area contributed by atoms with Crippen molar-refractivity contribution in [2.24, 2.45) is 17.8 Å². The Balaban J connectivity index is 1.18. The van der Waals surface area contributed by atoms with E-state index in [9.17, 15) is 10.1 Å². The average molecular weight is 459 g/mol. The van der Waals surface area contributed by atoms with Gasteiger partial charge in [-0.3, -0.25) is 14.8 Å². The minimum Gasteiger partial charge on any atom is -0.442 e. The molecule has 9 nitrogen and oxygen atoms in total. The number of pyridine rings is 1. The highest BCUT2D eigenvalue weighted by atomic mass is 19.1. The molecule has 5 atom stereocenters. The lowest BCUT2D eigenvalue weighted by molar-refractivity contribution is 0.129. The molecule has 4 heterocycles. The quantitative estimate of drug-likeness (QED) is 0.578. The van der Waals surface area contributed by atoms with Gasteiger partial charge in [0.05, 0.1) is 48.7 Å². The van der Waals surface area contributed by atoms with E-state index in [-0.39, 0.29) is 12.0 Å². The van der Waals surface area contributed by atoms with Crippen LogP contribution in [0.5, 0.6) is 0 Å². The van der Waals surface area contributed by atoms with Crippen LogP contribution in [0.15, 0.2) is 48.9 Å². The number of carbonyl (C=O) groups excluding carboxylic acids is 1. The highest BCUT2D eigenvalue weighted by Gasteiger charge is 2.61. The maximum atomic E-state index is 15.1. The van der Waals surface area contributed by atoms with Crippen molar-refractivity contribution in [3.05, 3.63) is 60.4 Å². The van der Waals surface area contributed by atoms with Gasteiger partial charge in [0.15, 0.2) is 0 Å². The number of carbonyl (C=O) groups is 1. The zero-order valence-corrected chi connectivity index (χ0v) is 18.5. The fourth-order valence-electron chi connectivity index (χ4n) is 5.42. The predicted molar refractivity (Wildman–Crippen MR) is 119 cm³/mol. The van der Waals surface area contributed by atoms with Gasteiger partial charge in [0.1, 0.15) is 11.9 Å². The van der Waals surface area contributed by atoms with Gasteiger partial charge >= 0.3 is 6.09 Å². The molecule has 0 bridgehead atoms. The molecule has 2 aliphatic heterocycles. The molecule has 2 saturated heterocycles. The standard InChI is InChI=1S/C24H22FN7O2/c1-30-13-19-18(9-26)22(19)23(30)21-5-2-14(10-27-21)17-4-3-15(8-20(17)25)32-12-16(34-24(32)33)11-31-7-6-28-29-31/h2-8,10,16,18-19,22-23H,11-13H2,1H3/t16-,18+,19-,22+,23?/m0/s1. The van der Waals surface area contributed by atoms with Crippen molar-refractivity contribution in [3.8, 4) is 17.2 Å². The van der Waals surface area contributed by atoms with Crippen LogP contribution < -0.4 is 4.90 Å². The maximum absolute atomic E-state index is 15.1. The molecule has 1 aliphatic carbocycles. The van der Waals surface area contributed by atoms with E-state index in [1.54, 1.807) is 35.4 Å². The topological polar surface area (TPSA) is 100 Å². The Morgan fingerprint density at radius 2 is 2.15 bits per heavy atom. The van der Waals surface area contributed by atoms with E-state index in [0.29, 0.717) is 41.7 Å². The molecule has 1 saturated carbocycles. The number of rotatable bonds is 5. The van der Waals surface area contributed by atoms with Gasteiger partial charge in [-0.15, -0.1) is 5.10 Å². The van der Waals surface area contributed by atoms with E-state index in [1.807, 2.05) is 12.1 Å². The van der Waals surface area contributed by atoms with Crippen LogP contribution in [0.2, 0.25) is 0 Å². The molecule has 0 spiro atoms. The maximum Gasteiger partial charge on any atom is 0.414 e. The number of hydrogen-bond donors (Lipinski definition) is 0. The molecule has 1 aromatic carbocycles. The summed E-state index contributed by atoms with van der Waals surface area (Å²) in [4.78, 5) is 20.6. The van der Waals surface area contributed by atoms with Crippen molar-refractivity contribution in [2.45, 2.75) is 18.7 Å². The van der Waals surface area contributed by atoms with E-state index in [4.69, 9.17) is 4.74 Å². The van der Waals surface area contributed by atoms with E-state index >= 15 is 4.39 Å². The SMILES string of the molecule is CN1C[C@H]2[C@@H](C#N)[C@H]2C1c1ccc(-c2ccc(N3C[C@H](Cn4ccnn4)OC3=O)cc2F)cn1. The molecule has 0 radical (unpaired) electrons. The Labute approximate surface area is 195 Å². The summed E-state index contributed by atoms with van der Waals surface area (Å²) in [5, 5.41) is 16.9. The van der Waals surface area contributed by atoms with Crippen LogP contribution in [-0.2, 0) is 11.3 Å². The van der Waals surface area contributed by atoms with Crippen LogP contribution in [0, 0.1) is 34.9 Å². The summed E-state index contributed by atoms with van der Waals surface area (Å²) in [5.41, 5.74) is 2.41. The lowest BCUT2D eigenvalue weighted by atomic mass is 10.0. The molecule has 2 aromatic heterocycles. The van der Waals surface area contributed by atoms with Crippen LogP contribution in [0.3, 0.4) is 0 Å². The summed E-state index contributed by atoms with van der Waals surface area (Å²) in [6.07, 6.45) is 4.02. The van der Waals surface area contributed by atoms with Crippen molar-refractivity contribution in [1.82, 2.24) is 24.9 Å². The van der Waals surface area contributed by atoms with Gasteiger partial charge in [0.25, 0.3) is 0 Å². The number of ether oxygens (including phenoxy) is 1. The number of cyclic esters (lactones) is 1. The monoisotopic (exact) mass is 459 g/mol. The summed E-state index contributed by atoms with van der Waals surface area (Å²) in [6, 6.07) is 11.0. The molecule has 3 aromatic rings. The Morgan fingerprint density at radius 3 is 2.85 bits per heavy atom. The number of fused-ring (bicyclic) bond motifs is 1. The number of piperidine rings is 1. The number of benzene rings is 1. The van der Waals surface area contributed by atoms with Crippen LogP contribution >= 0.6 is 0 Å². The minimum atomic E-state index is -0.516. The van der Waals surface area contributed by atoms with Crippen molar-refractivity contribution < 1.29 is 13.9 Å². The summed E-state index contributed by atoms with van der Waals surface area (Å²) in [6.45, 7) is 1.59. The highest BCUT2D eigenvalue weighted by molar-refractivity contribution is 5.90. The van der Waals surface area contributed by atoms with E-state index in [1.165, 1.54) is 11.0 Å². The highest BCUT2D eigenvalue weighted by Crippen LogP contribution is 2.60. The number of amides is 1. The van der Waals surface area contributed by atoms with Gasteiger partial charge in [-0.05, 0) is 37.2 Å². The van der Waals surface area contributed by atoms with Gasteiger partial charge in [0.2, 0.25) is 0 Å². The lowest BCUT2D eigenvalue weighted by Gasteiger charge is -2.23. The molecule has 1 unspecified atom stereocenters. The molecule has 0 N–H and O–H groups in total. The summed E-state index contributed by atoms with van der Waals surface area (Å²) in [5.74, 6) is 0.433. The molecule has 3 aliphatic rings. The van der Waals surface area contributed by atoms with Crippen LogP contribution in [0.4, 0.5) is 14.9 Å². The van der Waals surface area contributed by atoms with Gasteiger partial charge in [-0.1, -0.05) is 11.3 Å². The molecular formula is C24H22FN7O2. The number of halogens is 1. The summed E-state index contributed by atoms with van der Waals surface area (Å²) < 4.78 is 22.1. The predicted octanol–water partition coefficient (Wildman–Crippen LogP) is 2.88. The van der Waals surface area contributed by atoms with E-state index in [2.05, 4.69) is 33.3 Å². The zero-order chi connectivity index (χ0) is 23.4. The smallest absolute Gasteiger partial charge is 0.414 e. The molecule has 1 amide bonds. The molecule has 6 rings (SSSR count). The molecular weight excluding hydrogens is 437 g/mol. The lowest BCUT2D eigenvalue weighted by Crippen LogP contribution is -2.26. The van der Waals surface area contributed by atoms with Gasteiger partial charge in [-0.25, -0.2) is 13.9 Å². The van der Waals surface area contributed by atoms with Gasteiger partial charge < -0.3 is 4.74 Å². The van der Waals surface area contributed by atoms with Crippen molar-refractivity contribution in [3.63, 3.8) is 0 Å². The fraction of sp³-hybridized carbons (Fsp3) is 0.375. The number of anilines is 1. The third kappa shape index (κ3) is 3.40. The Hall–Kier alpha value is -3.84. The third-order valence-electron chi connectivity index (χ3n) is 7.12. The molecule has 172 valence electrons. The van der Waals surface area contributed by atoms with Gasteiger partial charge in [-0.2, -0.15) is 5.26 Å². The first-order valence-electron chi connectivity index (χ1n) is 11.2. The third-order valence-corrected chi connectivity index (χ3v) is 7.12. The van der Waals surface area contributed by atoms with E-state index in [0.717, 1.165) is 12.2 Å². The van der Waals surface area contributed by atoms with Crippen LogP contribution in [0.25, 0.3) is 11.1 Å². The zero-order valence-electron chi connectivity index (χ0n) is 18.5. The second kappa shape index (κ2) is 7.88. The first-order valence-corrected chi connectivity index (χ1v) is 11.2. The normalized spacial score (nSPS) is 28.0. The number of aromatic nitrogens is 4. The van der Waals surface area contributed by atoms with Crippen LogP contribution in [0.1, 0.15) is 11.7 Å². The Bertz CT molecular complexity index is 1270. The van der Waals surface area contributed by atoms with Crippen molar-refractivity contribution >= 4 is 11.8 Å². The van der Waals surface area contributed by atoms with E-state index < -0.39 is 18.0 Å². The summed E-state index contributed by atoms with van der Waals surface area (Å²) >= 11 is 0. The second-order valence-corrected chi connectivity index (χ2v) is 9.16. The Morgan fingerprint density at radius 1 is 1.26 bits per heavy atom. The average Bonchev–Trinajstić information content (AvgIpc) is 3.20. The number of hydrogen-bond acceptors (Lipinski definition) is 7. The van der Waals surface area contributed by atoms with Crippen LogP contribution in [-0.4, -0.2) is 57.2 Å². The first kappa shape index (κ1) is 20.7. The Kier molecular flexibility index (Phi) is 4.81. The largest absolute Gasteiger partial charge is 0.442 e. The first-order chi connectivity index (χ1) is 16.5. The van der Waals surface area contributed by atoms with Crippen molar-refractivity contribution in [1.29, 1.82) is 5.26 Å². The number of likely N-dealkylation sites (tertiary alicyclic amines) is 1.